The van der Waals surface area contributed by atoms with Crippen molar-refractivity contribution >= 4 is 27.7 Å². The molecule has 2 heterocycles. The van der Waals surface area contributed by atoms with Crippen molar-refractivity contribution in [3.8, 4) is 11.4 Å². The van der Waals surface area contributed by atoms with Crippen LogP contribution in [-0.2, 0) is 0 Å². The van der Waals surface area contributed by atoms with E-state index < -0.39 is 0 Å². The summed E-state index contributed by atoms with van der Waals surface area (Å²) >= 11 is 3.40. The Hall–Kier alpha value is -3.13. The molecule has 0 unspecified atom stereocenters. The number of amides is 2. The third kappa shape index (κ3) is 4.02. The van der Waals surface area contributed by atoms with Crippen LogP contribution in [-0.4, -0.2) is 62.7 Å². The number of phenolic OH excluding ortho intramolecular Hbond substituents is 1. The van der Waals surface area contributed by atoms with Crippen LogP contribution >= 0.6 is 15.9 Å². The van der Waals surface area contributed by atoms with Gasteiger partial charge in [-0.3, -0.25) is 9.59 Å². The van der Waals surface area contributed by atoms with Crippen molar-refractivity contribution in [1.29, 1.82) is 0 Å². The van der Waals surface area contributed by atoms with Crippen molar-refractivity contribution < 1.29 is 14.7 Å². The van der Waals surface area contributed by atoms with E-state index in [0.717, 1.165) is 10.2 Å². The lowest BCUT2D eigenvalue weighted by Gasteiger charge is -2.34. The second-order valence-electron chi connectivity index (χ2n) is 6.75. The minimum Gasteiger partial charge on any atom is -0.507 e. The van der Waals surface area contributed by atoms with Gasteiger partial charge in [-0.15, -0.1) is 0 Å². The number of nitrogens with zero attached hydrogens (tertiary/aromatic N) is 4. The Balaban J connectivity index is 1.40. The van der Waals surface area contributed by atoms with Crippen LogP contribution in [0, 0.1) is 0 Å². The zero-order valence-electron chi connectivity index (χ0n) is 15.5. The van der Waals surface area contributed by atoms with Gasteiger partial charge in [0.05, 0.1) is 23.0 Å². The number of rotatable bonds is 3. The van der Waals surface area contributed by atoms with E-state index in [1.165, 1.54) is 6.07 Å². The van der Waals surface area contributed by atoms with Crippen LogP contribution in [0.2, 0.25) is 0 Å². The number of phenols is 1. The topological polar surface area (TPSA) is 78.7 Å². The van der Waals surface area contributed by atoms with Crippen molar-refractivity contribution in [1.82, 2.24) is 19.6 Å². The van der Waals surface area contributed by atoms with E-state index in [1.54, 1.807) is 45.1 Å². The fraction of sp³-hybridized carbons (Fsp3) is 0.190. The molecule has 1 aromatic heterocycles. The van der Waals surface area contributed by atoms with E-state index in [4.69, 9.17) is 0 Å². The highest BCUT2D eigenvalue weighted by molar-refractivity contribution is 9.10. The van der Waals surface area contributed by atoms with Gasteiger partial charge in [0, 0.05) is 36.8 Å². The summed E-state index contributed by atoms with van der Waals surface area (Å²) in [7, 11) is 0. The first-order valence-electron chi connectivity index (χ1n) is 9.20. The van der Waals surface area contributed by atoms with Gasteiger partial charge >= 0.3 is 0 Å². The first-order chi connectivity index (χ1) is 14.0. The Kier molecular flexibility index (Phi) is 5.35. The first kappa shape index (κ1) is 19.2. The zero-order valence-corrected chi connectivity index (χ0v) is 17.1. The zero-order chi connectivity index (χ0) is 20.4. The second kappa shape index (κ2) is 8.08. The summed E-state index contributed by atoms with van der Waals surface area (Å²) in [4.78, 5) is 28.8. The molecule has 0 bridgehead atoms. The lowest BCUT2D eigenvalue weighted by molar-refractivity contribution is 0.0533. The summed E-state index contributed by atoms with van der Waals surface area (Å²) in [6, 6.07) is 14.1. The molecular formula is C21H19BrN4O3. The predicted molar refractivity (Wildman–Crippen MR) is 111 cm³/mol. The van der Waals surface area contributed by atoms with E-state index in [0.29, 0.717) is 31.7 Å². The summed E-state index contributed by atoms with van der Waals surface area (Å²) in [5.74, 6) is -0.363. The van der Waals surface area contributed by atoms with E-state index in [2.05, 4.69) is 21.0 Å². The Morgan fingerprint density at radius 3 is 2.17 bits per heavy atom. The molecule has 0 aliphatic carbocycles. The van der Waals surface area contributed by atoms with Gasteiger partial charge in [0.1, 0.15) is 5.75 Å². The number of benzene rings is 2. The molecule has 4 rings (SSSR count). The molecule has 0 saturated carbocycles. The van der Waals surface area contributed by atoms with E-state index in [9.17, 15) is 14.7 Å². The SMILES string of the molecule is O=C(c1cnn(-c2ccc(Br)cc2)c1)N1CCN(C(=O)c2ccccc2O)CC1. The summed E-state index contributed by atoms with van der Waals surface area (Å²) in [5, 5.41) is 14.2. The highest BCUT2D eigenvalue weighted by Gasteiger charge is 2.27. The number of halogens is 1. The van der Waals surface area contributed by atoms with Gasteiger partial charge in [0.2, 0.25) is 0 Å². The second-order valence-corrected chi connectivity index (χ2v) is 7.67. The van der Waals surface area contributed by atoms with Crippen LogP contribution in [0.5, 0.6) is 5.75 Å². The Bertz CT molecular complexity index is 1040. The predicted octanol–water partition coefficient (Wildman–Crippen LogP) is 2.94. The van der Waals surface area contributed by atoms with Crippen LogP contribution in [0.3, 0.4) is 0 Å². The molecule has 1 N–H and O–H groups in total. The number of hydrogen-bond acceptors (Lipinski definition) is 4. The van der Waals surface area contributed by atoms with Crippen molar-refractivity contribution in [2.45, 2.75) is 0 Å². The van der Waals surface area contributed by atoms with Gasteiger partial charge in [-0.1, -0.05) is 28.1 Å². The number of aromatic nitrogens is 2. The van der Waals surface area contributed by atoms with Crippen molar-refractivity contribution in [3.05, 3.63) is 76.5 Å². The molecule has 1 saturated heterocycles. The molecule has 29 heavy (non-hydrogen) atoms. The van der Waals surface area contributed by atoms with Gasteiger partial charge < -0.3 is 14.9 Å². The van der Waals surface area contributed by atoms with E-state index in [1.807, 2.05) is 24.3 Å². The van der Waals surface area contributed by atoms with Crippen LogP contribution < -0.4 is 0 Å². The maximum atomic E-state index is 12.8. The van der Waals surface area contributed by atoms with Crippen LogP contribution in [0.4, 0.5) is 0 Å². The maximum Gasteiger partial charge on any atom is 0.257 e. The third-order valence-corrected chi connectivity index (χ3v) is 5.44. The lowest BCUT2D eigenvalue weighted by Crippen LogP contribution is -2.50. The molecule has 1 aliphatic rings. The van der Waals surface area contributed by atoms with Gasteiger partial charge in [-0.05, 0) is 36.4 Å². The normalized spacial score (nSPS) is 14.1. The minimum absolute atomic E-state index is 0.0311. The monoisotopic (exact) mass is 454 g/mol. The lowest BCUT2D eigenvalue weighted by atomic mass is 10.1. The smallest absolute Gasteiger partial charge is 0.257 e. The van der Waals surface area contributed by atoms with Crippen LogP contribution in [0.25, 0.3) is 5.69 Å². The molecule has 0 atom stereocenters. The van der Waals surface area contributed by atoms with E-state index in [-0.39, 0.29) is 23.1 Å². The fourth-order valence-electron chi connectivity index (χ4n) is 3.29. The molecular weight excluding hydrogens is 436 g/mol. The number of aromatic hydroxyl groups is 1. The van der Waals surface area contributed by atoms with Crippen LogP contribution in [0.15, 0.2) is 65.4 Å². The quantitative estimate of drug-likeness (QED) is 0.659. The number of carbonyl (C=O) groups excluding carboxylic acids is 2. The highest BCUT2D eigenvalue weighted by Crippen LogP contribution is 2.19. The Morgan fingerprint density at radius 2 is 1.52 bits per heavy atom. The number of carbonyl (C=O) groups is 2. The number of hydrogen-bond donors (Lipinski definition) is 1. The molecule has 0 radical (unpaired) electrons. The molecule has 7 nitrogen and oxygen atoms in total. The molecule has 8 heteroatoms. The summed E-state index contributed by atoms with van der Waals surface area (Å²) in [6.45, 7) is 1.70. The standard InChI is InChI=1S/C21H19BrN4O3/c22-16-5-7-17(8-6-16)26-14-15(13-23-26)20(28)24-9-11-25(12-10-24)21(29)18-3-1-2-4-19(18)27/h1-8,13-14,27H,9-12H2. The molecule has 2 amide bonds. The van der Waals surface area contributed by atoms with Gasteiger partial charge in [-0.2, -0.15) is 5.10 Å². The van der Waals surface area contributed by atoms with Crippen LogP contribution in [0.1, 0.15) is 20.7 Å². The molecule has 1 aliphatic heterocycles. The highest BCUT2D eigenvalue weighted by atomic mass is 79.9. The Labute approximate surface area is 176 Å². The third-order valence-electron chi connectivity index (χ3n) is 4.91. The van der Waals surface area contributed by atoms with Gasteiger partial charge in [0.15, 0.2) is 0 Å². The van der Waals surface area contributed by atoms with Gasteiger partial charge in [-0.25, -0.2) is 4.68 Å². The van der Waals surface area contributed by atoms with Crippen molar-refractivity contribution in [2.75, 3.05) is 26.2 Å². The molecule has 2 aromatic carbocycles. The van der Waals surface area contributed by atoms with Crippen molar-refractivity contribution in [3.63, 3.8) is 0 Å². The summed E-state index contributed by atoms with van der Waals surface area (Å²) < 4.78 is 2.64. The molecule has 148 valence electrons. The first-order valence-corrected chi connectivity index (χ1v) is 9.99. The Morgan fingerprint density at radius 1 is 0.897 bits per heavy atom. The summed E-state index contributed by atoms with van der Waals surface area (Å²) in [6.07, 6.45) is 3.27. The molecule has 3 aromatic rings. The number of para-hydroxylation sites is 1. The van der Waals surface area contributed by atoms with Gasteiger partial charge in [0.25, 0.3) is 11.8 Å². The average Bonchev–Trinajstić information content (AvgIpc) is 3.24. The fourth-order valence-corrected chi connectivity index (χ4v) is 3.55. The molecule has 1 fully saturated rings. The van der Waals surface area contributed by atoms with Crippen molar-refractivity contribution in [2.24, 2.45) is 0 Å². The maximum absolute atomic E-state index is 12.8. The summed E-state index contributed by atoms with van der Waals surface area (Å²) in [5.41, 5.74) is 1.65. The van der Waals surface area contributed by atoms with E-state index >= 15 is 0 Å². The largest absolute Gasteiger partial charge is 0.507 e. The molecule has 0 spiro atoms. The average molecular weight is 455 g/mol. The minimum atomic E-state index is -0.224. The number of piperazine rings is 1.